The molecule has 9 heteroatoms. The third-order valence-electron chi connectivity index (χ3n) is 4.20. The molecular formula is C17H16FN3O4S. The lowest BCUT2D eigenvalue weighted by Crippen LogP contribution is -2.39. The van der Waals surface area contributed by atoms with Crippen molar-refractivity contribution in [2.24, 2.45) is 14.1 Å². The lowest BCUT2D eigenvalue weighted by atomic mass is 10.2. The van der Waals surface area contributed by atoms with E-state index in [1.807, 2.05) is 0 Å². The quantitative estimate of drug-likeness (QED) is 0.700. The van der Waals surface area contributed by atoms with Crippen LogP contribution in [0.25, 0.3) is 11.0 Å². The van der Waals surface area contributed by atoms with Gasteiger partial charge in [-0.3, -0.25) is 14.3 Å². The van der Waals surface area contributed by atoms with E-state index in [0.29, 0.717) is 11.1 Å². The Hall–Kier alpha value is -2.94. The van der Waals surface area contributed by atoms with Gasteiger partial charge in [0.05, 0.1) is 21.6 Å². The van der Waals surface area contributed by atoms with Gasteiger partial charge >= 0.3 is 11.1 Å². The molecule has 0 bridgehead atoms. The minimum atomic E-state index is -4.01. The largest absolute Gasteiger partial charge is 0.316 e. The molecule has 0 spiro atoms. The van der Waals surface area contributed by atoms with E-state index in [2.05, 4.69) is 4.72 Å². The number of anilines is 1. The van der Waals surface area contributed by atoms with Gasteiger partial charge in [-0.05, 0) is 42.8 Å². The van der Waals surface area contributed by atoms with E-state index in [1.54, 1.807) is 6.92 Å². The molecule has 0 amide bonds. The lowest BCUT2D eigenvalue weighted by molar-refractivity contribution is 0.601. The number of aromatic nitrogens is 2. The molecular weight excluding hydrogens is 361 g/mol. The molecule has 2 aromatic carbocycles. The Balaban J connectivity index is 2.13. The summed E-state index contributed by atoms with van der Waals surface area (Å²) in [4.78, 5) is 23.7. The highest BCUT2D eigenvalue weighted by molar-refractivity contribution is 7.92. The Kier molecular flexibility index (Phi) is 4.19. The summed E-state index contributed by atoms with van der Waals surface area (Å²) in [6, 6.07) is 8.07. The molecule has 7 nitrogen and oxygen atoms in total. The molecule has 1 heterocycles. The van der Waals surface area contributed by atoms with Gasteiger partial charge in [0.2, 0.25) is 0 Å². The van der Waals surface area contributed by atoms with Gasteiger partial charge in [0, 0.05) is 14.1 Å². The van der Waals surface area contributed by atoms with Crippen molar-refractivity contribution in [3.63, 3.8) is 0 Å². The van der Waals surface area contributed by atoms with Gasteiger partial charge in [-0.1, -0.05) is 6.07 Å². The van der Waals surface area contributed by atoms with Crippen molar-refractivity contribution in [2.75, 3.05) is 4.72 Å². The van der Waals surface area contributed by atoms with Crippen molar-refractivity contribution in [1.29, 1.82) is 0 Å². The van der Waals surface area contributed by atoms with Crippen LogP contribution in [-0.2, 0) is 24.1 Å². The molecule has 1 N–H and O–H groups in total. The second kappa shape index (κ2) is 6.10. The molecule has 0 atom stereocenters. The van der Waals surface area contributed by atoms with Crippen LogP contribution in [0.3, 0.4) is 0 Å². The van der Waals surface area contributed by atoms with E-state index in [1.165, 1.54) is 44.4 Å². The summed E-state index contributed by atoms with van der Waals surface area (Å²) in [7, 11) is -1.17. The van der Waals surface area contributed by atoms with E-state index in [-0.39, 0.29) is 16.1 Å². The number of nitrogens with one attached hydrogen (secondary N) is 1. The van der Waals surface area contributed by atoms with Crippen LogP contribution in [-0.4, -0.2) is 17.6 Å². The van der Waals surface area contributed by atoms with Crippen molar-refractivity contribution >= 4 is 26.7 Å². The zero-order valence-electron chi connectivity index (χ0n) is 14.3. The summed E-state index contributed by atoms with van der Waals surface area (Å²) in [6.07, 6.45) is 0. The van der Waals surface area contributed by atoms with Crippen molar-refractivity contribution < 1.29 is 12.8 Å². The van der Waals surface area contributed by atoms with E-state index < -0.39 is 27.0 Å². The molecule has 0 radical (unpaired) electrons. The number of nitrogens with zero attached hydrogens (tertiary/aromatic N) is 2. The second-order valence-electron chi connectivity index (χ2n) is 5.95. The normalized spacial score (nSPS) is 11.7. The fraction of sp³-hybridized carbons (Fsp3) is 0.176. The molecule has 0 aliphatic heterocycles. The minimum Gasteiger partial charge on any atom is -0.305 e. The number of hydrogen-bond acceptors (Lipinski definition) is 4. The maximum absolute atomic E-state index is 13.6. The average molecular weight is 377 g/mol. The Labute approximate surface area is 148 Å². The summed E-state index contributed by atoms with van der Waals surface area (Å²) >= 11 is 0. The van der Waals surface area contributed by atoms with E-state index in [0.717, 1.165) is 15.2 Å². The van der Waals surface area contributed by atoms with Crippen LogP contribution in [0.5, 0.6) is 0 Å². The van der Waals surface area contributed by atoms with Crippen LogP contribution in [0.15, 0.2) is 50.9 Å². The third-order valence-corrected chi connectivity index (χ3v) is 5.58. The highest BCUT2D eigenvalue weighted by atomic mass is 32.2. The molecule has 0 unspecified atom stereocenters. The van der Waals surface area contributed by atoms with Crippen LogP contribution in [0.1, 0.15) is 5.56 Å². The number of hydrogen-bond donors (Lipinski definition) is 1. The number of aryl methyl sites for hydroxylation is 3. The first-order chi connectivity index (χ1) is 12.1. The molecule has 136 valence electrons. The molecule has 0 saturated heterocycles. The second-order valence-corrected chi connectivity index (χ2v) is 7.63. The highest BCUT2D eigenvalue weighted by Gasteiger charge is 2.17. The molecule has 0 aliphatic rings. The van der Waals surface area contributed by atoms with Gasteiger partial charge < -0.3 is 9.13 Å². The first-order valence-corrected chi connectivity index (χ1v) is 9.09. The molecule has 0 saturated carbocycles. The zero-order valence-corrected chi connectivity index (χ0v) is 15.1. The third kappa shape index (κ3) is 2.90. The smallest absolute Gasteiger partial charge is 0.305 e. The fourth-order valence-electron chi connectivity index (χ4n) is 2.60. The predicted molar refractivity (Wildman–Crippen MR) is 96.4 cm³/mol. The molecule has 26 heavy (non-hydrogen) atoms. The maximum Gasteiger partial charge on any atom is 0.316 e. The topological polar surface area (TPSA) is 90.2 Å². The van der Waals surface area contributed by atoms with E-state index >= 15 is 0 Å². The van der Waals surface area contributed by atoms with Crippen LogP contribution < -0.4 is 15.8 Å². The lowest BCUT2D eigenvalue weighted by Gasteiger charge is -2.12. The van der Waals surface area contributed by atoms with Crippen LogP contribution in [0.4, 0.5) is 10.1 Å². The standard InChI is InChI=1S/C17H16FN3O4S/c1-10-4-5-11(8-13(10)18)19-26(24,25)12-6-7-14-15(9-12)21(3)17(23)16(22)20(14)2/h4-9,19H,1-3H3. The number of rotatable bonds is 3. The zero-order chi connectivity index (χ0) is 19.2. The first-order valence-electron chi connectivity index (χ1n) is 7.60. The van der Waals surface area contributed by atoms with Crippen LogP contribution in [0.2, 0.25) is 0 Å². The highest BCUT2D eigenvalue weighted by Crippen LogP contribution is 2.21. The summed E-state index contributed by atoms with van der Waals surface area (Å²) in [5.74, 6) is -0.527. The average Bonchev–Trinajstić information content (AvgIpc) is 2.60. The number of halogens is 1. The van der Waals surface area contributed by atoms with Crippen LogP contribution in [0, 0.1) is 12.7 Å². The van der Waals surface area contributed by atoms with Gasteiger partial charge in [-0.15, -0.1) is 0 Å². The summed E-state index contributed by atoms with van der Waals surface area (Å²) in [6.45, 7) is 1.57. The van der Waals surface area contributed by atoms with Gasteiger partial charge in [0.15, 0.2) is 0 Å². The summed E-state index contributed by atoms with van der Waals surface area (Å²) in [5, 5.41) is 0. The Bertz CT molecular complexity index is 1260. The maximum atomic E-state index is 13.6. The van der Waals surface area contributed by atoms with Crippen molar-refractivity contribution in [1.82, 2.24) is 9.13 Å². The monoisotopic (exact) mass is 377 g/mol. The number of fused-ring (bicyclic) bond motifs is 1. The minimum absolute atomic E-state index is 0.0857. The molecule has 3 aromatic rings. The fourth-order valence-corrected chi connectivity index (χ4v) is 3.67. The predicted octanol–water partition coefficient (Wildman–Crippen LogP) is 1.49. The van der Waals surface area contributed by atoms with Gasteiger partial charge in [0.25, 0.3) is 10.0 Å². The SMILES string of the molecule is Cc1ccc(NS(=O)(=O)c2ccc3c(c2)n(C)c(=O)c(=O)n3C)cc1F. The van der Waals surface area contributed by atoms with Crippen LogP contribution >= 0.6 is 0 Å². The van der Waals surface area contributed by atoms with Crippen molar-refractivity contribution in [3.8, 4) is 0 Å². The van der Waals surface area contributed by atoms with E-state index in [4.69, 9.17) is 0 Å². The molecule has 3 rings (SSSR count). The van der Waals surface area contributed by atoms with Crippen molar-refractivity contribution in [3.05, 3.63) is 68.5 Å². The Morgan fingerprint density at radius 2 is 1.54 bits per heavy atom. The van der Waals surface area contributed by atoms with Gasteiger partial charge in [-0.2, -0.15) is 0 Å². The molecule has 0 aliphatic carbocycles. The number of benzene rings is 2. The van der Waals surface area contributed by atoms with Gasteiger partial charge in [0.1, 0.15) is 5.82 Å². The van der Waals surface area contributed by atoms with E-state index in [9.17, 15) is 22.4 Å². The van der Waals surface area contributed by atoms with Gasteiger partial charge in [-0.25, -0.2) is 12.8 Å². The first kappa shape index (κ1) is 17.9. The Morgan fingerprint density at radius 3 is 2.15 bits per heavy atom. The summed E-state index contributed by atoms with van der Waals surface area (Å²) < 4.78 is 43.4. The van der Waals surface area contributed by atoms with Crippen molar-refractivity contribution in [2.45, 2.75) is 11.8 Å². The summed E-state index contributed by atoms with van der Waals surface area (Å²) in [5.41, 5.74) is -0.281. The molecule has 0 fully saturated rings. The Morgan fingerprint density at radius 1 is 0.923 bits per heavy atom. The molecule has 1 aromatic heterocycles. The number of sulfonamides is 1.